The fourth-order valence-electron chi connectivity index (χ4n) is 1.95. The van der Waals surface area contributed by atoms with Crippen LogP contribution in [0.5, 0.6) is 0 Å². The van der Waals surface area contributed by atoms with Crippen LogP contribution in [0.25, 0.3) is 0 Å². The minimum atomic E-state index is -0.509. The second-order valence-corrected chi connectivity index (χ2v) is 4.57. The Morgan fingerprint density at radius 3 is 2.56 bits per heavy atom. The molecule has 5 heteroatoms. The first-order chi connectivity index (χ1) is 7.49. The lowest BCUT2D eigenvalue weighted by Crippen LogP contribution is -2.52. The summed E-state index contributed by atoms with van der Waals surface area (Å²) in [5.74, 6) is -0.110. The summed E-state index contributed by atoms with van der Waals surface area (Å²) >= 11 is 0. The van der Waals surface area contributed by atoms with E-state index in [-0.39, 0.29) is 23.8 Å². The van der Waals surface area contributed by atoms with E-state index in [4.69, 9.17) is 5.73 Å². The molecule has 92 valence electrons. The third-order valence-electron chi connectivity index (χ3n) is 3.09. The molecule has 0 radical (unpaired) electrons. The molecular weight excluding hydrogens is 206 g/mol. The van der Waals surface area contributed by atoms with Gasteiger partial charge in [0.1, 0.15) is 6.04 Å². The molecule has 1 unspecified atom stereocenters. The van der Waals surface area contributed by atoms with Crippen molar-refractivity contribution in [2.75, 3.05) is 13.6 Å². The molecule has 0 aromatic carbocycles. The fraction of sp³-hybridized carbons (Fsp3) is 0.818. The van der Waals surface area contributed by atoms with E-state index in [0.29, 0.717) is 6.54 Å². The number of rotatable bonds is 3. The quantitative estimate of drug-likeness (QED) is 0.695. The average Bonchev–Trinajstić information content (AvgIpc) is 2.74. The molecule has 0 aliphatic carbocycles. The lowest BCUT2D eigenvalue weighted by molar-refractivity contribution is -0.139. The van der Waals surface area contributed by atoms with E-state index in [1.165, 1.54) is 0 Å². The molecule has 1 heterocycles. The predicted octanol–water partition coefficient (Wildman–Crippen LogP) is -0.293. The molecule has 2 atom stereocenters. The van der Waals surface area contributed by atoms with E-state index >= 15 is 0 Å². The van der Waals surface area contributed by atoms with Crippen LogP contribution in [0.4, 0.5) is 0 Å². The summed E-state index contributed by atoms with van der Waals surface area (Å²) in [7, 11) is 1.59. The van der Waals surface area contributed by atoms with E-state index in [1.807, 2.05) is 13.8 Å². The van der Waals surface area contributed by atoms with Crippen LogP contribution >= 0.6 is 0 Å². The standard InChI is InChI=1S/C11H21N3O2/c1-7(2)9(12)11(16)14-6-4-5-8(14)10(15)13-3/h7-9H,4-6,12H2,1-3H3,(H,13,15)/t8?,9-/m0/s1. The van der Waals surface area contributed by atoms with Gasteiger partial charge in [-0.25, -0.2) is 0 Å². The van der Waals surface area contributed by atoms with Crippen molar-refractivity contribution in [1.29, 1.82) is 0 Å². The molecule has 1 aliphatic heterocycles. The first-order valence-electron chi connectivity index (χ1n) is 5.76. The lowest BCUT2D eigenvalue weighted by Gasteiger charge is -2.27. The van der Waals surface area contributed by atoms with Crippen molar-refractivity contribution < 1.29 is 9.59 Å². The van der Waals surface area contributed by atoms with Gasteiger partial charge in [-0.05, 0) is 18.8 Å². The Bertz CT molecular complexity index is 278. The van der Waals surface area contributed by atoms with Crippen LogP contribution < -0.4 is 11.1 Å². The van der Waals surface area contributed by atoms with E-state index in [2.05, 4.69) is 5.32 Å². The maximum absolute atomic E-state index is 12.0. The Morgan fingerprint density at radius 2 is 2.06 bits per heavy atom. The van der Waals surface area contributed by atoms with Crippen LogP contribution in [0.15, 0.2) is 0 Å². The van der Waals surface area contributed by atoms with Crippen molar-refractivity contribution >= 4 is 11.8 Å². The number of nitrogens with one attached hydrogen (secondary N) is 1. The number of likely N-dealkylation sites (tertiary alicyclic amines) is 1. The highest BCUT2D eigenvalue weighted by atomic mass is 16.2. The van der Waals surface area contributed by atoms with Gasteiger partial charge in [0, 0.05) is 13.6 Å². The molecular formula is C11H21N3O2. The summed E-state index contributed by atoms with van der Waals surface area (Å²) in [5, 5.41) is 2.59. The highest BCUT2D eigenvalue weighted by Gasteiger charge is 2.36. The number of hydrogen-bond donors (Lipinski definition) is 2. The van der Waals surface area contributed by atoms with Crippen LogP contribution in [0.3, 0.4) is 0 Å². The first-order valence-corrected chi connectivity index (χ1v) is 5.76. The Kier molecular flexibility index (Phi) is 4.29. The molecule has 0 saturated carbocycles. The van der Waals surface area contributed by atoms with Gasteiger partial charge in [-0.1, -0.05) is 13.8 Å². The third kappa shape index (κ3) is 2.52. The van der Waals surface area contributed by atoms with Gasteiger partial charge in [-0.2, -0.15) is 0 Å². The van der Waals surface area contributed by atoms with Crippen LogP contribution in [-0.4, -0.2) is 42.4 Å². The van der Waals surface area contributed by atoms with Gasteiger partial charge in [-0.15, -0.1) is 0 Å². The predicted molar refractivity (Wildman–Crippen MR) is 61.6 cm³/mol. The zero-order valence-corrected chi connectivity index (χ0v) is 10.2. The average molecular weight is 227 g/mol. The highest BCUT2D eigenvalue weighted by Crippen LogP contribution is 2.19. The summed E-state index contributed by atoms with van der Waals surface area (Å²) in [5.41, 5.74) is 5.82. The van der Waals surface area contributed by atoms with E-state index in [1.54, 1.807) is 11.9 Å². The van der Waals surface area contributed by atoms with Crippen molar-refractivity contribution in [2.45, 2.75) is 38.8 Å². The van der Waals surface area contributed by atoms with Crippen molar-refractivity contribution in [3.63, 3.8) is 0 Å². The Hall–Kier alpha value is -1.10. The molecule has 1 aliphatic rings. The Balaban J connectivity index is 2.71. The topological polar surface area (TPSA) is 75.4 Å². The number of carbonyl (C=O) groups excluding carboxylic acids is 2. The summed E-state index contributed by atoms with van der Waals surface area (Å²) in [6, 6.07) is -0.840. The maximum Gasteiger partial charge on any atom is 0.242 e. The Morgan fingerprint density at radius 1 is 1.44 bits per heavy atom. The van der Waals surface area contributed by atoms with E-state index < -0.39 is 6.04 Å². The zero-order valence-electron chi connectivity index (χ0n) is 10.2. The van der Waals surface area contributed by atoms with Crippen molar-refractivity contribution in [3.8, 4) is 0 Å². The number of likely N-dealkylation sites (N-methyl/N-ethyl adjacent to an activating group) is 1. The van der Waals surface area contributed by atoms with Crippen LogP contribution in [-0.2, 0) is 9.59 Å². The normalized spacial score (nSPS) is 22.3. The largest absolute Gasteiger partial charge is 0.357 e. The summed E-state index contributed by atoms with van der Waals surface area (Å²) in [6.45, 7) is 4.46. The molecule has 3 N–H and O–H groups in total. The molecule has 16 heavy (non-hydrogen) atoms. The van der Waals surface area contributed by atoms with Gasteiger partial charge in [0.2, 0.25) is 11.8 Å². The molecule has 0 spiro atoms. The molecule has 2 amide bonds. The van der Waals surface area contributed by atoms with Gasteiger partial charge in [-0.3, -0.25) is 9.59 Å². The highest BCUT2D eigenvalue weighted by molar-refractivity contribution is 5.90. The third-order valence-corrected chi connectivity index (χ3v) is 3.09. The molecule has 5 nitrogen and oxygen atoms in total. The minimum Gasteiger partial charge on any atom is -0.357 e. The van der Waals surface area contributed by atoms with Gasteiger partial charge >= 0.3 is 0 Å². The lowest BCUT2D eigenvalue weighted by atomic mass is 10.0. The van der Waals surface area contributed by atoms with Gasteiger partial charge in [0.15, 0.2) is 0 Å². The molecule has 1 rings (SSSR count). The molecule has 1 saturated heterocycles. The monoisotopic (exact) mass is 227 g/mol. The smallest absolute Gasteiger partial charge is 0.242 e. The minimum absolute atomic E-state index is 0.0955. The van der Waals surface area contributed by atoms with Crippen molar-refractivity contribution in [2.24, 2.45) is 11.7 Å². The second kappa shape index (κ2) is 5.30. The van der Waals surface area contributed by atoms with Gasteiger partial charge < -0.3 is 16.0 Å². The van der Waals surface area contributed by atoms with E-state index in [0.717, 1.165) is 12.8 Å². The first kappa shape index (κ1) is 13.0. The Labute approximate surface area is 96.4 Å². The van der Waals surface area contributed by atoms with Crippen LogP contribution in [0, 0.1) is 5.92 Å². The number of nitrogens with two attached hydrogens (primary N) is 1. The van der Waals surface area contributed by atoms with Crippen LogP contribution in [0.2, 0.25) is 0 Å². The van der Waals surface area contributed by atoms with Crippen molar-refractivity contribution in [3.05, 3.63) is 0 Å². The maximum atomic E-state index is 12.0. The fourth-order valence-corrected chi connectivity index (χ4v) is 1.95. The molecule has 1 fully saturated rings. The number of amides is 2. The molecule has 0 bridgehead atoms. The van der Waals surface area contributed by atoms with Crippen LogP contribution in [0.1, 0.15) is 26.7 Å². The molecule has 0 aromatic rings. The number of carbonyl (C=O) groups is 2. The summed E-state index contributed by atoms with van der Waals surface area (Å²) in [6.07, 6.45) is 1.60. The molecule has 0 aromatic heterocycles. The summed E-state index contributed by atoms with van der Waals surface area (Å²) in [4.78, 5) is 25.2. The number of hydrogen-bond acceptors (Lipinski definition) is 3. The SMILES string of the molecule is CNC(=O)C1CCCN1C(=O)[C@@H](N)C(C)C. The van der Waals surface area contributed by atoms with Gasteiger partial charge in [0.25, 0.3) is 0 Å². The van der Waals surface area contributed by atoms with E-state index in [9.17, 15) is 9.59 Å². The summed E-state index contributed by atoms with van der Waals surface area (Å²) < 4.78 is 0. The van der Waals surface area contributed by atoms with Crippen molar-refractivity contribution in [1.82, 2.24) is 10.2 Å². The second-order valence-electron chi connectivity index (χ2n) is 4.57. The number of nitrogens with zero attached hydrogens (tertiary/aromatic N) is 1. The zero-order chi connectivity index (χ0) is 12.3. The van der Waals surface area contributed by atoms with Gasteiger partial charge in [0.05, 0.1) is 6.04 Å².